The third-order valence-corrected chi connectivity index (χ3v) is 6.99. The van der Waals surface area contributed by atoms with Gasteiger partial charge in [0.2, 0.25) is 0 Å². The van der Waals surface area contributed by atoms with E-state index in [-0.39, 0.29) is 23.6 Å². The molecule has 34 heavy (non-hydrogen) atoms. The number of carbonyl (C=O) groups is 1. The van der Waals surface area contributed by atoms with Crippen LogP contribution in [0.5, 0.6) is 0 Å². The maximum absolute atomic E-state index is 14.0. The van der Waals surface area contributed by atoms with Gasteiger partial charge in [0.1, 0.15) is 5.52 Å². The molecular formula is C24H21F3N6O. The minimum Gasteiger partial charge on any atom is -0.333 e. The number of nitrogens with zero attached hydrogens (tertiary/aromatic N) is 6. The molecule has 7 nitrogen and oxygen atoms in total. The van der Waals surface area contributed by atoms with E-state index in [1.807, 2.05) is 11.9 Å². The number of aromatic nitrogens is 5. The molecule has 0 saturated carbocycles. The van der Waals surface area contributed by atoms with Crippen LogP contribution in [0.15, 0.2) is 30.7 Å². The Morgan fingerprint density at radius 1 is 1.06 bits per heavy atom. The van der Waals surface area contributed by atoms with E-state index < -0.39 is 17.5 Å². The summed E-state index contributed by atoms with van der Waals surface area (Å²) in [6, 6.07) is 1.64. The van der Waals surface area contributed by atoms with E-state index in [4.69, 9.17) is 0 Å². The quantitative estimate of drug-likeness (QED) is 0.418. The first kappa shape index (κ1) is 20.9. The molecule has 6 rings (SSSR count). The van der Waals surface area contributed by atoms with Crippen molar-refractivity contribution in [1.82, 2.24) is 29.2 Å². The molecule has 1 amide bonds. The van der Waals surface area contributed by atoms with Crippen LogP contribution in [-0.4, -0.2) is 41.2 Å². The van der Waals surface area contributed by atoms with Crippen LogP contribution in [-0.2, 0) is 20.5 Å². The molecule has 2 atom stereocenters. The molecular weight excluding hydrogens is 445 g/mol. The molecule has 2 bridgehead atoms. The molecule has 1 saturated heterocycles. The van der Waals surface area contributed by atoms with Crippen molar-refractivity contribution in [3.63, 3.8) is 0 Å². The number of halogens is 3. The largest absolute Gasteiger partial charge is 0.333 e. The van der Waals surface area contributed by atoms with E-state index in [1.54, 1.807) is 34.9 Å². The van der Waals surface area contributed by atoms with Crippen LogP contribution in [0.1, 0.15) is 46.9 Å². The van der Waals surface area contributed by atoms with Crippen molar-refractivity contribution in [3.8, 4) is 11.3 Å². The summed E-state index contributed by atoms with van der Waals surface area (Å²) in [5.41, 5.74) is 4.03. The predicted octanol–water partition coefficient (Wildman–Crippen LogP) is 4.08. The first-order valence-corrected chi connectivity index (χ1v) is 11.1. The summed E-state index contributed by atoms with van der Waals surface area (Å²) < 4.78 is 44.9. The molecule has 1 aromatic carbocycles. The topological polar surface area (TPSA) is 68.8 Å². The molecule has 3 aromatic heterocycles. The number of hydrogen-bond acceptors (Lipinski definition) is 4. The molecule has 0 radical (unpaired) electrons. The normalized spacial score (nSPS) is 19.5. The van der Waals surface area contributed by atoms with Gasteiger partial charge in [0.15, 0.2) is 23.1 Å². The summed E-state index contributed by atoms with van der Waals surface area (Å²) in [4.78, 5) is 24.4. The fourth-order valence-corrected chi connectivity index (χ4v) is 5.59. The van der Waals surface area contributed by atoms with Gasteiger partial charge in [0.05, 0.1) is 23.0 Å². The van der Waals surface area contributed by atoms with Gasteiger partial charge in [-0.1, -0.05) is 0 Å². The van der Waals surface area contributed by atoms with Gasteiger partial charge in [-0.2, -0.15) is 5.10 Å². The molecule has 0 spiro atoms. The van der Waals surface area contributed by atoms with Crippen LogP contribution in [0.2, 0.25) is 0 Å². The number of amides is 1. The van der Waals surface area contributed by atoms with Gasteiger partial charge >= 0.3 is 0 Å². The second kappa shape index (κ2) is 7.41. The summed E-state index contributed by atoms with van der Waals surface area (Å²) in [5.74, 6) is -4.10. The average molecular weight is 466 g/mol. The first-order valence-electron chi connectivity index (χ1n) is 11.1. The number of hydrogen-bond donors (Lipinski definition) is 0. The van der Waals surface area contributed by atoms with E-state index in [9.17, 15) is 18.0 Å². The van der Waals surface area contributed by atoms with E-state index >= 15 is 0 Å². The zero-order valence-electron chi connectivity index (χ0n) is 18.6. The average Bonchev–Trinajstić information content (AvgIpc) is 3.33. The second-order valence-corrected chi connectivity index (χ2v) is 8.99. The zero-order chi connectivity index (χ0) is 23.7. The maximum Gasteiger partial charge on any atom is 0.258 e. The van der Waals surface area contributed by atoms with Crippen LogP contribution >= 0.6 is 0 Å². The third kappa shape index (κ3) is 2.90. The summed E-state index contributed by atoms with van der Waals surface area (Å²) in [7, 11) is 3.53. The van der Waals surface area contributed by atoms with Gasteiger partial charge in [-0.3, -0.25) is 14.5 Å². The Kier molecular flexibility index (Phi) is 4.55. The van der Waals surface area contributed by atoms with Gasteiger partial charge in [0.25, 0.3) is 5.91 Å². The van der Waals surface area contributed by atoms with E-state index in [0.717, 1.165) is 42.7 Å². The van der Waals surface area contributed by atoms with Crippen LogP contribution in [0.25, 0.3) is 22.4 Å². The van der Waals surface area contributed by atoms with E-state index in [1.165, 1.54) is 0 Å². The fraction of sp³-hybridized carbons (Fsp3) is 0.333. The lowest BCUT2D eigenvalue weighted by atomic mass is 9.81. The van der Waals surface area contributed by atoms with Crippen LogP contribution in [0.3, 0.4) is 0 Å². The van der Waals surface area contributed by atoms with Gasteiger partial charge in [-0.25, -0.2) is 18.2 Å². The Morgan fingerprint density at radius 3 is 2.56 bits per heavy atom. The van der Waals surface area contributed by atoms with Crippen LogP contribution < -0.4 is 0 Å². The monoisotopic (exact) mass is 466 g/mol. The van der Waals surface area contributed by atoms with Gasteiger partial charge in [0, 0.05) is 49.9 Å². The van der Waals surface area contributed by atoms with Gasteiger partial charge in [-0.15, -0.1) is 0 Å². The zero-order valence-corrected chi connectivity index (χ0v) is 18.6. The Hall–Kier alpha value is -3.69. The Labute approximate surface area is 192 Å². The van der Waals surface area contributed by atoms with Crippen molar-refractivity contribution >= 4 is 17.1 Å². The lowest BCUT2D eigenvalue weighted by Gasteiger charge is -2.45. The van der Waals surface area contributed by atoms with Crippen molar-refractivity contribution in [2.24, 2.45) is 14.1 Å². The second-order valence-electron chi connectivity index (χ2n) is 8.99. The highest BCUT2D eigenvalue weighted by atomic mass is 19.2. The highest BCUT2D eigenvalue weighted by Gasteiger charge is 2.44. The maximum atomic E-state index is 14.0. The highest BCUT2D eigenvalue weighted by molar-refractivity contribution is 6.05. The number of aryl methyl sites for hydroxylation is 2. The van der Waals surface area contributed by atoms with E-state index in [0.29, 0.717) is 28.8 Å². The lowest BCUT2D eigenvalue weighted by Crippen LogP contribution is -2.49. The fourth-order valence-electron chi connectivity index (χ4n) is 5.59. The molecule has 4 aromatic rings. The van der Waals surface area contributed by atoms with Crippen molar-refractivity contribution in [1.29, 1.82) is 0 Å². The van der Waals surface area contributed by atoms with Crippen molar-refractivity contribution in [2.75, 3.05) is 0 Å². The van der Waals surface area contributed by atoms with Gasteiger partial charge < -0.3 is 9.47 Å². The molecule has 174 valence electrons. The molecule has 0 unspecified atom stereocenters. The highest BCUT2D eigenvalue weighted by Crippen LogP contribution is 2.45. The summed E-state index contributed by atoms with van der Waals surface area (Å²) in [6.45, 7) is 0. The molecule has 2 aliphatic heterocycles. The number of rotatable bonds is 2. The van der Waals surface area contributed by atoms with Crippen molar-refractivity contribution in [3.05, 3.63) is 65.0 Å². The molecule has 0 N–H and O–H groups in total. The number of carbonyl (C=O) groups excluding carboxylic acids is 1. The van der Waals surface area contributed by atoms with Crippen LogP contribution in [0, 0.1) is 17.5 Å². The van der Waals surface area contributed by atoms with Crippen LogP contribution in [0.4, 0.5) is 13.2 Å². The first-order chi connectivity index (χ1) is 16.3. The Bertz CT molecular complexity index is 1450. The minimum atomic E-state index is -1.49. The Morgan fingerprint density at radius 2 is 1.79 bits per heavy atom. The lowest BCUT2D eigenvalue weighted by molar-refractivity contribution is 0.0393. The van der Waals surface area contributed by atoms with Gasteiger partial charge in [-0.05, 0) is 37.8 Å². The summed E-state index contributed by atoms with van der Waals surface area (Å²) >= 11 is 0. The van der Waals surface area contributed by atoms with E-state index in [2.05, 4.69) is 15.1 Å². The predicted molar refractivity (Wildman–Crippen MR) is 117 cm³/mol. The third-order valence-electron chi connectivity index (χ3n) is 6.99. The molecule has 0 aliphatic carbocycles. The van der Waals surface area contributed by atoms with Crippen molar-refractivity contribution in [2.45, 2.75) is 37.8 Å². The molecule has 2 aliphatic rings. The SMILES string of the molecule is Cn1nc2c(c1-c1cc(F)c(F)c(F)c1)C[C@H]1CCC[C@@H]2N1C(=O)c1cn(C)c2nccnc12. The number of benzene rings is 1. The molecule has 10 heteroatoms. The standard InChI is InChI=1S/C24H21F3N6O/c1-31-11-15(21-23(31)29-7-6-28-21)24(34)33-13-4-3-5-18(33)20-14(10-13)22(32(2)30-20)12-8-16(25)19(27)17(26)9-12/h6-9,11,13,18H,3-5,10H2,1-2H3/t13-,18+/m1/s1. The molecule has 5 heterocycles. The summed E-state index contributed by atoms with van der Waals surface area (Å²) in [6.07, 6.45) is 7.89. The molecule has 1 fully saturated rings. The number of fused-ring (bicyclic) bond motifs is 5. The van der Waals surface area contributed by atoms with Crippen molar-refractivity contribution < 1.29 is 18.0 Å². The number of piperidine rings is 1. The summed E-state index contributed by atoms with van der Waals surface area (Å²) in [5, 5.41) is 4.67. The minimum absolute atomic E-state index is 0.0937. The Balaban J connectivity index is 1.46. The smallest absolute Gasteiger partial charge is 0.258 e.